The third-order valence-electron chi connectivity index (χ3n) is 8.21. The number of hydrogen-bond donors (Lipinski definition) is 3. The van der Waals surface area contributed by atoms with E-state index >= 15 is 4.39 Å². The van der Waals surface area contributed by atoms with Crippen molar-refractivity contribution in [3.8, 4) is 0 Å². The second-order valence-electron chi connectivity index (χ2n) is 11.6. The summed E-state index contributed by atoms with van der Waals surface area (Å²) in [5, 5.41) is 11.6. The van der Waals surface area contributed by atoms with Gasteiger partial charge >= 0.3 is 12.2 Å². The summed E-state index contributed by atoms with van der Waals surface area (Å²) in [5.74, 6) is -1.25. The zero-order valence-corrected chi connectivity index (χ0v) is 23.0. The molecule has 5 rings (SSSR count). The number of benzene rings is 1. The van der Waals surface area contributed by atoms with E-state index in [4.69, 9.17) is 0 Å². The number of amides is 4. The number of carbonyl (C=O) groups excluding carboxylic acids is 3. The van der Waals surface area contributed by atoms with E-state index in [0.29, 0.717) is 17.5 Å². The van der Waals surface area contributed by atoms with Gasteiger partial charge in [-0.15, -0.1) is 0 Å². The fourth-order valence-corrected chi connectivity index (χ4v) is 5.71. The van der Waals surface area contributed by atoms with E-state index in [1.165, 1.54) is 25.3 Å². The van der Waals surface area contributed by atoms with E-state index in [9.17, 15) is 27.6 Å². The van der Waals surface area contributed by atoms with Crippen LogP contribution < -0.4 is 16.0 Å². The van der Waals surface area contributed by atoms with Crippen LogP contribution in [0.4, 0.5) is 28.0 Å². The Morgan fingerprint density at radius 1 is 1.07 bits per heavy atom. The van der Waals surface area contributed by atoms with Crippen LogP contribution >= 0.6 is 0 Å². The van der Waals surface area contributed by atoms with Gasteiger partial charge in [0, 0.05) is 12.2 Å². The highest BCUT2D eigenvalue weighted by atomic mass is 19.4. The number of nitrogens with one attached hydrogen (secondary N) is 3. The molecule has 9 nitrogen and oxygen atoms in total. The molecule has 3 fully saturated rings. The summed E-state index contributed by atoms with van der Waals surface area (Å²) >= 11 is 0. The molecule has 13 heteroatoms. The quantitative estimate of drug-likeness (QED) is 0.352. The average Bonchev–Trinajstić information content (AvgIpc) is 3.83. The topological polar surface area (TPSA) is 108 Å². The van der Waals surface area contributed by atoms with Gasteiger partial charge in [-0.2, -0.15) is 18.3 Å². The number of anilines is 1. The summed E-state index contributed by atoms with van der Waals surface area (Å²) in [6.45, 7) is 4.70. The molecule has 1 aromatic carbocycles. The maximum absolute atomic E-state index is 15.2. The Kier molecular flexibility index (Phi) is 7.73. The zero-order valence-electron chi connectivity index (χ0n) is 23.0. The molecular weight excluding hydrogens is 544 g/mol. The van der Waals surface area contributed by atoms with Crippen molar-refractivity contribution in [2.45, 2.75) is 76.8 Å². The van der Waals surface area contributed by atoms with Crippen LogP contribution in [0.2, 0.25) is 0 Å². The lowest BCUT2D eigenvalue weighted by molar-refractivity contribution is -0.150. The lowest BCUT2D eigenvalue weighted by Crippen LogP contribution is -2.50. The van der Waals surface area contributed by atoms with Crippen LogP contribution in [-0.2, 0) is 4.79 Å². The number of hydrogen-bond acceptors (Lipinski definition) is 4. The minimum absolute atomic E-state index is 0.0679. The van der Waals surface area contributed by atoms with Crippen molar-refractivity contribution in [2.24, 2.45) is 17.8 Å². The first-order valence-electron chi connectivity index (χ1n) is 13.9. The number of nitrogens with zero attached hydrogens (tertiary/aromatic N) is 3. The Balaban J connectivity index is 1.33. The number of rotatable bonds is 10. The Hall–Kier alpha value is -3.64. The van der Waals surface area contributed by atoms with E-state index in [2.05, 4.69) is 15.7 Å². The SMILES string of the molecule is CC(C)n1nccc1C(=O)NC(C(=O)Nc1ccc([C@@H](C)N2C[C@@H](C(F)(F)F)NC2=O)cc1F)C(C1CC1)C1CC1. The molecule has 41 heavy (non-hydrogen) atoms. The predicted octanol–water partition coefficient (Wildman–Crippen LogP) is 4.79. The Labute approximate surface area is 235 Å². The second-order valence-corrected chi connectivity index (χ2v) is 11.6. The van der Waals surface area contributed by atoms with Gasteiger partial charge in [-0.3, -0.25) is 14.3 Å². The van der Waals surface area contributed by atoms with Crippen LogP contribution in [0.3, 0.4) is 0 Å². The molecule has 3 aliphatic rings. The standard InChI is InChI=1S/C28H34F4N6O3/c1-14(2)38-21(10-11-33-38)25(39)36-24(23(16-4-5-16)17-6-7-17)26(40)34-20-9-8-18(12-19(20)29)15(3)37-13-22(28(30,31)32)35-27(37)41/h8-12,14-17,22-24H,4-7,13H2,1-3H3,(H,34,40)(H,35,41)(H,36,39)/t15-,22+,24?/m1/s1. The molecule has 4 amide bonds. The fourth-order valence-electron chi connectivity index (χ4n) is 5.71. The first-order valence-corrected chi connectivity index (χ1v) is 13.9. The van der Waals surface area contributed by atoms with Gasteiger partial charge in [-0.25, -0.2) is 9.18 Å². The Morgan fingerprint density at radius 3 is 2.27 bits per heavy atom. The number of aromatic nitrogens is 2. The molecule has 2 aromatic rings. The van der Waals surface area contributed by atoms with E-state index in [-0.39, 0.29) is 23.2 Å². The summed E-state index contributed by atoms with van der Waals surface area (Å²) < 4.78 is 56.1. The lowest BCUT2D eigenvalue weighted by Gasteiger charge is -2.28. The van der Waals surface area contributed by atoms with E-state index in [1.807, 2.05) is 19.2 Å². The fraction of sp³-hybridized carbons (Fsp3) is 0.571. The van der Waals surface area contributed by atoms with Crippen molar-refractivity contribution in [2.75, 3.05) is 11.9 Å². The van der Waals surface area contributed by atoms with Crippen molar-refractivity contribution in [3.63, 3.8) is 0 Å². The summed E-state index contributed by atoms with van der Waals surface area (Å²) in [6.07, 6.45) is 0.782. The monoisotopic (exact) mass is 578 g/mol. The highest BCUT2D eigenvalue weighted by Gasteiger charge is 2.49. The van der Waals surface area contributed by atoms with Gasteiger partial charge in [0.25, 0.3) is 5.91 Å². The normalized spacial score (nSPS) is 20.8. The van der Waals surface area contributed by atoms with Gasteiger partial charge in [0.1, 0.15) is 23.6 Å². The molecule has 2 aliphatic carbocycles. The molecule has 0 bridgehead atoms. The van der Waals surface area contributed by atoms with Crippen LogP contribution in [0.15, 0.2) is 30.5 Å². The molecule has 3 N–H and O–H groups in total. The van der Waals surface area contributed by atoms with Crippen LogP contribution in [0.25, 0.3) is 0 Å². The summed E-state index contributed by atoms with van der Waals surface area (Å²) in [4.78, 5) is 40.0. The van der Waals surface area contributed by atoms with Crippen molar-refractivity contribution in [1.82, 2.24) is 25.3 Å². The van der Waals surface area contributed by atoms with E-state index < -0.39 is 54.5 Å². The molecular formula is C28H34F4N6O3. The summed E-state index contributed by atoms with van der Waals surface area (Å²) in [5.41, 5.74) is 0.479. The lowest BCUT2D eigenvalue weighted by atomic mass is 9.88. The maximum atomic E-state index is 15.2. The number of halogens is 4. The van der Waals surface area contributed by atoms with Gasteiger partial charge in [-0.05, 0) is 88.0 Å². The predicted molar refractivity (Wildman–Crippen MR) is 141 cm³/mol. The van der Waals surface area contributed by atoms with Crippen molar-refractivity contribution in [1.29, 1.82) is 0 Å². The van der Waals surface area contributed by atoms with Gasteiger partial charge < -0.3 is 20.9 Å². The van der Waals surface area contributed by atoms with Crippen molar-refractivity contribution < 1.29 is 31.9 Å². The maximum Gasteiger partial charge on any atom is 0.410 e. The van der Waals surface area contributed by atoms with Crippen LogP contribution in [0.5, 0.6) is 0 Å². The highest BCUT2D eigenvalue weighted by Crippen LogP contribution is 2.51. The van der Waals surface area contributed by atoms with E-state index in [1.54, 1.807) is 10.7 Å². The molecule has 2 saturated carbocycles. The molecule has 1 unspecified atom stereocenters. The van der Waals surface area contributed by atoms with Gasteiger partial charge in [0.15, 0.2) is 0 Å². The summed E-state index contributed by atoms with van der Waals surface area (Å²) in [7, 11) is 0. The molecule has 0 radical (unpaired) electrons. The molecule has 1 aromatic heterocycles. The first-order chi connectivity index (χ1) is 19.3. The molecule has 3 atom stereocenters. The molecule has 0 spiro atoms. The van der Waals surface area contributed by atoms with Crippen molar-refractivity contribution in [3.05, 3.63) is 47.5 Å². The molecule has 2 heterocycles. The third-order valence-corrected chi connectivity index (χ3v) is 8.21. The molecule has 222 valence electrons. The number of alkyl halides is 3. The smallest absolute Gasteiger partial charge is 0.339 e. The Morgan fingerprint density at radius 2 is 1.73 bits per heavy atom. The average molecular weight is 579 g/mol. The Bertz CT molecular complexity index is 1310. The number of urea groups is 1. The minimum Gasteiger partial charge on any atom is -0.339 e. The third kappa shape index (κ3) is 6.18. The van der Waals surface area contributed by atoms with E-state index in [0.717, 1.165) is 36.6 Å². The van der Waals surface area contributed by atoms with Gasteiger partial charge in [0.05, 0.1) is 18.3 Å². The minimum atomic E-state index is -4.59. The largest absolute Gasteiger partial charge is 0.410 e. The van der Waals surface area contributed by atoms with Crippen LogP contribution in [0, 0.1) is 23.6 Å². The summed E-state index contributed by atoms with van der Waals surface area (Å²) in [6, 6.07) is 0.793. The second kappa shape index (κ2) is 11.0. The van der Waals surface area contributed by atoms with Gasteiger partial charge in [0.2, 0.25) is 5.91 Å². The highest BCUT2D eigenvalue weighted by molar-refractivity contribution is 6.01. The zero-order chi connectivity index (χ0) is 29.6. The molecule has 1 aliphatic heterocycles. The van der Waals surface area contributed by atoms with Crippen LogP contribution in [-0.4, -0.2) is 57.3 Å². The van der Waals surface area contributed by atoms with Gasteiger partial charge in [-0.1, -0.05) is 6.07 Å². The van der Waals surface area contributed by atoms with Crippen molar-refractivity contribution >= 4 is 23.5 Å². The first kappa shape index (κ1) is 28.9. The molecule has 1 saturated heterocycles. The number of carbonyl (C=O) groups is 3. The van der Waals surface area contributed by atoms with Crippen LogP contribution in [0.1, 0.15) is 74.6 Å².